The van der Waals surface area contributed by atoms with Crippen LogP contribution in [0, 0.1) is 11.7 Å². The molecule has 0 spiro atoms. The third-order valence-electron chi connectivity index (χ3n) is 4.40. The van der Waals surface area contributed by atoms with Gasteiger partial charge in [0, 0.05) is 12.1 Å². The van der Waals surface area contributed by atoms with E-state index in [1.54, 1.807) is 6.07 Å². The monoisotopic (exact) mass is 248 g/mol. The molecule has 1 aromatic carbocycles. The molecule has 2 fully saturated rings. The molecule has 1 saturated heterocycles. The number of hydrogen-bond acceptors (Lipinski definition) is 2. The maximum absolute atomic E-state index is 13.7. The van der Waals surface area contributed by atoms with Gasteiger partial charge in [-0.3, -0.25) is 0 Å². The van der Waals surface area contributed by atoms with Crippen molar-refractivity contribution in [3.8, 4) is 0 Å². The number of para-hydroxylation sites is 1. The topological polar surface area (TPSA) is 24.1 Å². The Morgan fingerprint density at radius 3 is 2.78 bits per heavy atom. The molecule has 2 nitrogen and oxygen atoms in total. The van der Waals surface area contributed by atoms with Crippen LogP contribution in [0.3, 0.4) is 0 Å². The molecule has 0 bridgehead atoms. The molecular weight excluding hydrogens is 227 g/mol. The number of nitrogens with one attached hydrogen (secondary N) is 2. The molecule has 3 heteroatoms. The average Bonchev–Trinajstić information content (AvgIpc) is 3.02. The van der Waals surface area contributed by atoms with Crippen LogP contribution in [0.1, 0.15) is 32.1 Å². The third-order valence-corrected chi connectivity index (χ3v) is 4.40. The predicted molar refractivity (Wildman–Crippen MR) is 72.2 cm³/mol. The second-order valence-electron chi connectivity index (χ2n) is 5.53. The summed E-state index contributed by atoms with van der Waals surface area (Å²) in [5, 5.41) is 7.02. The third kappa shape index (κ3) is 2.37. The zero-order valence-corrected chi connectivity index (χ0v) is 10.7. The average molecular weight is 248 g/mol. The van der Waals surface area contributed by atoms with Crippen LogP contribution in [0.2, 0.25) is 0 Å². The van der Waals surface area contributed by atoms with Crippen LogP contribution in [0.25, 0.3) is 0 Å². The van der Waals surface area contributed by atoms with Gasteiger partial charge in [0.05, 0.1) is 5.69 Å². The lowest BCUT2D eigenvalue weighted by Crippen LogP contribution is -2.38. The van der Waals surface area contributed by atoms with Gasteiger partial charge in [0.1, 0.15) is 5.82 Å². The maximum atomic E-state index is 13.7. The van der Waals surface area contributed by atoms with E-state index in [9.17, 15) is 4.39 Å². The van der Waals surface area contributed by atoms with Gasteiger partial charge < -0.3 is 10.6 Å². The van der Waals surface area contributed by atoms with E-state index < -0.39 is 0 Å². The Hall–Kier alpha value is -1.09. The Morgan fingerprint density at radius 2 is 2.00 bits per heavy atom. The summed E-state index contributed by atoms with van der Waals surface area (Å²) < 4.78 is 13.7. The van der Waals surface area contributed by atoms with E-state index >= 15 is 0 Å². The molecular formula is C15H21FN2. The second kappa shape index (κ2) is 5.27. The lowest BCUT2D eigenvalue weighted by atomic mass is 9.93. The van der Waals surface area contributed by atoms with E-state index in [0.717, 1.165) is 13.0 Å². The molecule has 1 saturated carbocycles. The summed E-state index contributed by atoms with van der Waals surface area (Å²) in [6.45, 7) is 1.15. The molecule has 1 heterocycles. The highest BCUT2D eigenvalue weighted by molar-refractivity contribution is 5.45. The zero-order valence-electron chi connectivity index (χ0n) is 10.7. The quantitative estimate of drug-likeness (QED) is 0.858. The number of hydrogen-bond donors (Lipinski definition) is 2. The van der Waals surface area contributed by atoms with Gasteiger partial charge >= 0.3 is 0 Å². The fraction of sp³-hybridized carbons (Fsp3) is 0.600. The highest BCUT2D eigenvalue weighted by Gasteiger charge is 2.35. The summed E-state index contributed by atoms with van der Waals surface area (Å²) >= 11 is 0. The van der Waals surface area contributed by atoms with Gasteiger partial charge in [-0.15, -0.1) is 0 Å². The summed E-state index contributed by atoms with van der Waals surface area (Å²) in [6, 6.07) is 8.07. The largest absolute Gasteiger partial charge is 0.380 e. The van der Waals surface area contributed by atoms with Gasteiger partial charge in [-0.1, -0.05) is 18.6 Å². The van der Waals surface area contributed by atoms with Crippen molar-refractivity contribution in [2.75, 3.05) is 11.9 Å². The molecule has 0 aromatic heterocycles. The summed E-state index contributed by atoms with van der Waals surface area (Å²) in [5.41, 5.74) is 0.660. The first-order valence-corrected chi connectivity index (χ1v) is 7.09. The van der Waals surface area contributed by atoms with Crippen LogP contribution < -0.4 is 10.6 Å². The maximum Gasteiger partial charge on any atom is 0.146 e. The normalized spacial score (nSPS) is 31.7. The van der Waals surface area contributed by atoms with E-state index in [1.807, 2.05) is 12.1 Å². The molecule has 2 N–H and O–H groups in total. The van der Waals surface area contributed by atoms with Gasteiger partial charge in [-0.2, -0.15) is 0 Å². The van der Waals surface area contributed by atoms with Gasteiger partial charge in [0.2, 0.25) is 0 Å². The fourth-order valence-corrected chi connectivity index (χ4v) is 3.50. The molecule has 1 aliphatic heterocycles. The first-order valence-electron chi connectivity index (χ1n) is 7.09. The molecule has 3 unspecified atom stereocenters. The van der Waals surface area contributed by atoms with Crippen LogP contribution in [0.15, 0.2) is 24.3 Å². The van der Waals surface area contributed by atoms with Crippen molar-refractivity contribution in [2.45, 2.75) is 44.2 Å². The summed E-state index contributed by atoms with van der Waals surface area (Å²) in [6.07, 6.45) is 6.25. The Labute approximate surface area is 108 Å². The summed E-state index contributed by atoms with van der Waals surface area (Å²) in [5.74, 6) is 0.523. The molecule has 2 aliphatic rings. The van der Waals surface area contributed by atoms with Crippen LogP contribution in [-0.2, 0) is 0 Å². The first-order chi connectivity index (χ1) is 8.84. The van der Waals surface area contributed by atoms with Gasteiger partial charge in [-0.25, -0.2) is 4.39 Å². The van der Waals surface area contributed by atoms with Crippen molar-refractivity contribution in [2.24, 2.45) is 5.92 Å². The number of rotatable bonds is 3. The van der Waals surface area contributed by atoms with Crippen LogP contribution in [0.5, 0.6) is 0 Å². The molecule has 1 aromatic rings. The molecule has 0 amide bonds. The molecule has 0 radical (unpaired) electrons. The van der Waals surface area contributed by atoms with Gasteiger partial charge in [0.15, 0.2) is 0 Å². The Morgan fingerprint density at radius 1 is 1.11 bits per heavy atom. The Balaban J connectivity index is 1.69. The van der Waals surface area contributed by atoms with Gasteiger partial charge in [0.25, 0.3) is 0 Å². The van der Waals surface area contributed by atoms with E-state index in [1.165, 1.54) is 31.7 Å². The Kier molecular flexibility index (Phi) is 3.50. The zero-order chi connectivity index (χ0) is 12.4. The van der Waals surface area contributed by atoms with E-state index in [-0.39, 0.29) is 5.82 Å². The number of halogens is 1. The number of benzene rings is 1. The molecule has 1 aliphatic carbocycles. The van der Waals surface area contributed by atoms with E-state index in [4.69, 9.17) is 0 Å². The van der Waals surface area contributed by atoms with E-state index in [0.29, 0.717) is 23.7 Å². The number of anilines is 1. The fourth-order valence-electron chi connectivity index (χ4n) is 3.50. The van der Waals surface area contributed by atoms with E-state index in [2.05, 4.69) is 10.6 Å². The van der Waals surface area contributed by atoms with Crippen molar-refractivity contribution in [1.29, 1.82) is 0 Å². The molecule has 18 heavy (non-hydrogen) atoms. The van der Waals surface area contributed by atoms with Crippen LogP contribution in [0.4, 0.5) is 10.1 Å². The minimum atomic E-state index is -0.137. The van der Waals surface area contributed by atoms with Crippen molar-refractivity contribution >= 4 is 5.69 Å². The SMILES string of the molecule is Fc1ccccc1NC1CCCC1C1CCCN1. The lowest BCUT2D eigenvalue weighted by Gasteiger charge is -2.27. The predicted octanol–water partition coefficient (Wildman–Crippen LogP) is 3.16. The summed E-state index contributed by atoms with van der Waals surface area (Å²) in [4.78, 5) is 0. The highest BCUT2D eigenvalue weighted by Crippen LogP contribution is 2.34. The standard InChI is InChI=1S/C15H21FN2/c16-12-6-1-2-7-15(12)18-14-8-3-5-11(14)13-9-4-10-17-13/h1-2,6-7,11,13-14,17-18H,3-5,8-10H2. The lowest BCUT2D eigenvalue weighted by molar-refractivity contribution is 0.375. The first kappa shape index (κ1) is 12.0. The van der Waals surface area contributed by atoms with Crippen molar-refractivity contribution in [1.82, 2.24) is 5.32 Å². The van der Waals surface area contributed by atoms with Crippen LogP contribution in [-0.4, -0.2) is 18.6 Å². The smallest absolute Gasteiger partial charge is 0.146 e. The molecule has 3 rings (SSSR count). The van der Waals surface area contributed by atoms with Gasteiger partial charge in [-0.05, 0) is 50.3 Å². The molecule has 3 atom stereocenters. The van der Waals surface area contributed by atoms with Crippen LogP contribution >= 0.6 is 0 Å². The minimum absolute atomic E-state index is 0.137. The van der Waals surface area contributed by atoms with Crippen molar-refractivity contribution in [3.63, 3.8) is 0 Å². The minimum Gasteiger partial charge on any atom is -0.380 e. The molecule has 98 valence electrons. The highest BCUT2D eigenvalue weighted by atomic mass is 19.1. The summed E-state index contributed by atoms with van der Waals surface area (Å²) in [7, 11) is 0. The Bertz CT molecular complexity index is 401. The van der Waals surface area contributed by atoms with Crippen molar-refractivity contribution < 1.29 is 4.39 Å². The van der Waals surface area contributed by atoms with Crippen molar-refractivity contribution in [3.05, 3.63) is 30.1 Å². The second-order valence-corrected chi connectivity index (χ2v) is 5.53.